The molecular formula is C4H11NO3. The molecule has 0 bridgehead atoms. The molecule has 8 heavy (non-hydrogen) atoms. The molecular weight excluding hydrogens is 110 g/mol. The van der Waals surface area contributed by atoms with Crippen molar-refractivity contribution in [1.29, 1.82) is 0 Å². The number of hydrogen-bond donors (Lipinski definition) is 3. The first-order valence-electron chi connectivity index (χ1n) is 2.45. The van der Waals surface area contributed by atoms with Gasteiger partial charge in [0.2, 0.25) is 0 Å². The van der Waals surface area contributed by atoms with Crippen LogP contribution in [-0.2, 0) is 0 Å². The first kappa shape index (κ1) is 7.84. The molecule has 4 nitrogen and oxygen atoms in total. The van der Waals surface area contributed by atoms with Gasteiger partial charge in [-0.1, -0.05) is 0 Å². The summed E-state index contributed by atoms with van der Waals surface area (Å²) in [4.78, 5) is 0. The largest absolute Gasteiger partial charge is 0.631 e. The first-order chi connectivity index (χ1) is 3.55. The molecule has 0 amide bonds. The van der Waals surface area contributed by atoms with Crippen LogP contribution in [0.25, 0.3) is 0 Å². The summed E-state index contributed by atoms with van der Waals surface area (Å²) in [6.45, 7) is 2.66. The van der Waals surface area contributed by atoms with E-state index in [1.165, 1.54) is 13.8 Å². The maximum atomic E-state index is 10.3. The number of aliphatic hydroxyl groups excluding tert-OH is 2. The van der Waals surface area contributed by atoms with Crippen LogP contribution in [0.4, 0.5) is 0 Å². The van der Waals surface area contributed by atoms with Gasteiger partial charge in [-0.3, -0.25) is 0 Å². The Balaban J connectivity index is 3.46. The summed E-state index contributed by atoms with van der Waals surface area (Å²) in [6.07, 6.45) is -2.09. The molecule has 3 N–H and O–H groups in total. The van der Waals surface area contributed by atoms with E-state index < -0.39 is 17.5 Å². The van der Waals surface area contributed by atoms with Crippen molar-refractivity contribution < 1.29 is 15.3 Å². The van der Waals surface area contributed by atoms with Crippen LogP contribution in [0.3, 0.4) is 0 Å². The van der Waals surface area contributed by atoms with Gasteiger partial charge in [-0.15, -0.1) is 0 Å². The number of aliphatic hydroxyl groups is 2. The lowest BCUT2D eigenvalue weighted by atomic mass is 10.5. The van der Waals surface area contributed by atoms with Crippen molar-refractivity contribution in [2.24, 2.45) is 0 Å². The number of quaternary nitrogens is 1. The maximum absolute atomic E-state index is 10.3. The van der Waals surface area contributed by atoms with Crippen LogP contribution in [0.5, 0.6) is 0 Å². The number of hydroxylamine groups is 2. The molecule has 0 spiro atoms. The molecule has 0 aromatic heterocycles. The van der Waals surface area contributed by atoms with Gasteiger partial charge in [-0.05, 0) is 0 Å². The normalized spacial score (nSPS) is 22.1. The second kappa shape index (κ2) is 2.99. The van der Waals surface area contributed by atoms with Gasteiger partial charge in [0, 0.05) is 13.8 Å². The van der Waals surface area contributed by atoms with E-state index in [-0.39, 0.29) is 0 Å². The smallest absolute Gasteiger partial charge is 0.187 e. The van der Waals surface area contributed by atoms with Gasteiger partial charge in [0.05, 0.1) is 0 Å². The zero-order valence-electron chi connectivity index (χ0n) is 4.96. The molecule has 0 saturated heterocycles. The standard InChI is InChI=1S/C4H11NO3/c1-3(6)5(8)4(2)7/h3-7H,1-2H3. The molecule has 0 aromatic rings. The molecule has 0 aliphatic rings. The van der Waals surface area contributed by atoms with Crippen LogP contribution in [0.15, 0.2) is 0 Å². The minimum atomic E-state index is -1.05. The van der Waals surface area contributed by atoms with Crippen molar-refractivity contribution in [2.45, 2.75) is 26.3 Å². The Bertz CT molecular complexity index is 56.3. The van der Waals surface area contributed by atoms with Crippen molar-refractivity contribution in [2.75, 3.05) is 0 Å². The zero-order valence-corrected chi connectivity index (χ0v) is 4.96. The topological polar surface area (TPSA) is 68.0 Å². The van der Waals surface area contributed by atoms with E-state index in [1.807, 2.05) is 0 Å². The number of nitrogens with one attached hydrogen (secondary N) is 1. The molecule has 0 aromatic carbocycles. The quantitative estimate of drug-likeness (QED) is 0.294. The van der Waals surface area contributed by atoms with Gasteiger partial charge < -0.3 is 20.5 Å². The van der Waals surface area contributed by atoms with Gasteiger partial charge in [-0.2, -0.15) is 0 Å². The molecule has 4 heteroatoms. The fourth-order valence-corrected chi connectivity index (χ4v) is 0.349. The van der Waals surface area contributed by atoms with Gasteiger partial charge in [0.15, 0.2) is 12.5 Å². The monoisotopic (exact) mass is 121 g/mol. The molecule has 0 aliphatic heterocycles. The second-order valence-corrected chi connectivity index (χ2v) is 1.75. The van der Waals surface area contributed by atoms with Crippen LogP contribution in [0.2, 0.25) is 0 Å². The predicted octanol–water partition coefficient (Wildman–Crippen LogP) is -1.95. The molecule has 0 aliphatic carbocycles. The lowest BCUT2D eigenvalue weighted by molar-refractivity contribution is -0.941. The lowest BCUT2D eigenvalue weighted by Crippen LogP contribution is -3.14. The Hall–Kier alpha value is -0.160. The molecule has 2 atom stereocenters. The van der Waals surface area contributed by atoms with E-state index in [0.29, 0.717) is 0 Å². The summed E-state index contributed by atoms with van der Waals surface area (Å²) < 4.78 is 0. The number of rotatable bonds is 2. The summed E-state index contributed by atoms with van der Waals surface area (Å²) in [6, 6.07) is 0. The molecule has 0 rings (SSSR count). The average molecular weight is 121 g/mol. The van der Waals surface area contributed by atoms with E-state index in [1.54, 1.807) is 0 Å². The van der Waals surface area contributed by atoms with E-state index in [4.69, 9.17) is 10.2 Å². The molecule has 0 heterocycles. The molecule has 0 radical (unpaired) electrons. The summed E-state index contributed by atoms with van der Waals surface area (Å²) in [5.41, 5.74) is 0. The fourth-order valence-electron chi connectivity index (χ4n) is 0.349. The van der Waals surface area contributed by atoms with Crippen LogP contribution in [0.1, 0.15) is 13.8 Å². The molecule has 0 saturated carbocycles. The third-order valence-electron chi connectivity index (χ3n) is 0.824. The van der Waals surface area contributed by atoms with Crippen LogP contribution in [0, 0.1) is 5.21 Å². The predicted molar refractivity (Wildman–Crippen MR) is 27.7 cm³/mol. The van der Waals surface area contributed by atoms with Gasteiger partial charge in [0.1, 0.15) is 0 Å². The van der Waals surface area contributed by atoms with Crippen molar-refractivity contribution in [3.63, 3.8) is 0 Å². The average Bonchev–Trinajstić information content (AvgIpc) is 1.64. The summed E-state index contributed by atoms with van der Waals surface area (Å²) in [7, 11) is 0. The van der Waals surface area contributed by atoms with Gasteiger partial charge in [0.25, 0.3) is 0 Å². The third kappa shape index (κ3) is 2.23. The Kier molecular flexibility index (Phi) is 2.93. The molecule has 0 fully saturated rings. The Morgan fingerprint density at radius 1 is 1.25 bits per heavy atom. The van der Waals surface area contributed by atoms with Crippen LogP contribution >= 0.6 is 0 Å². The Morgan fingerprint density at radius 2 is 1.50 bits per heavy atom. The highest BCUT2D eigenvalue weighted by molar-refractivity contribution is 4.25. The van der Waals surface area contributed by atoms with E-state index >= 15 is 0 Å². The van der Waals surface area contributed by atoms with Crippen LogP contribution < -0.4 is 5.06 Å². The maximum Gasteiger partial charge on any atom is 0.187 e. The minimum Gasteiger partial charge on any atom is -0.631 e. The van der Waals surface area contributed by atoms with Crippen molar-refractivity contribution >= 4 is 0 Å². The van der Waals surface area contributed by atoms with Crippen molar-refractivity contribution in [3.8, 4) is 0 Å². The van der Waals surface area contributed by atoms with Gasteiger partial charge in [-0.25, -0.2) is 0 Å². The van der Waals surface area contributed by atoms with Gasteiger partial charge >= 0.3 is 0 Å². The highest BCUT2D eigenvalue weighted by Crippen LogP contribution is 1.65. The fraction of sp³-hybridized carbons (Fsp3) is 1.00. The first-order valence-corrected chi connectivity index (χ1v) is 2.45. The highest BCUT2D eigenvalue weighted by Gasteiger charge is 2.08. The molecule has 50 valence electrons. The Labute approximate surface area is 47.9 Å². The van der Waals surface area contributed by atoms with Crippen molar-refractivity contribution in [3.05, 3.63) is 5.21 Å². The SMILES string of the molecule is CC(O)[NH+]([O-])C(C)O. The van der Waals surface area contributed by atoms with E-state index in [9.17, 15) is 5.21 Å². The van der Waals surface area contributed by atoms with Crippen LogP contribution in [-0.4, -0.2) is 22.7 Å². The Morgan fingerprint density at radius 3 is 1.50 bits per heavy atom. The minimum absolute atomic E-state index is 0.537. The summed E-state index contributed by atoms with van der Waals surface area (Å²) in [5.74, 6) is 0. The molecule has 2 unspecified atom stereocenters. The van der Waals surface area contributed by atoms with E-state index in [0.717, 1.165) is 0 Å². The van der Waals surface area contributed by atoms with Crippen molar-refractivity contribution in [1.82, 2.24) is 0 Å². The summed E-state index contributed by atoms with van der Waals surface area (Å²) in [5, 5.41) is 26.8. The third-order valence-corrected chi connectivity index (χ3v) is 0.824. The lowest BCUT2D eigenvalue weighted by Gasteiger charge is -2.27. The zero-order chi connectivity index (χ0) is 6.73. The summed E-state index contributed by atoms with van der Waals surface area (Å²) >= 11 is 0. The second-order valence-electron chi connectivity index (χ2n) is 1.75. The number of hydrogen-bond acceptors (Lipinski definition) is 3. The van der Waals surface area contributed by atoms with E-state index in [2.05, 4.69) is 0 Å². The highest BCUT2D eigenvalue weighted by atomic mass is 16.6.